The van der Waals surface area contributed by atoms with E-state index in [0.29, 0.717) is 5.69 Å². The van der Waals surface area contributed by atoms with Crippen LogP contribution < -0.4 is 11.1 Å². The van der Waals surface area contributed by atoms with Gasteiger partial charge in [0, 0.05) is 11.8 Å². The van der Waals surface area contributed by atoms with E-state index in [1.54, 1.807) is 42.5 Å². The number of benzene rings is 2. The lowest BCUT2D eigenvalue weighted by atomic mass is 10.2. The van der Waals surface area contributed by atoms with Crippen molar-refractivity contribution in [1.29, 1.82) is 0 Å². The lowest BCUT2D eigenvalue weighted by Crippen LogP contribution is -2.09. The molecule has 0 aliphatic heterocycles. The summed E-state index contributed by atoms with van der Waals surface area (Å²) >= 11 is 0. The van der Waals surface area contributed by atoms with Crippen molar-refractivity contribution in [3.05, 3.63) is 65.5 Å². The number of carbonyl (C=O) groups is 1. The Labute approximate surface area is 116 Å². The van der Waals surface area contributed by atoms with Gasteiger partial charge in [-0.05, 0) is 48.4 Å². The molecule has 2 aromatic rings. The van der Waals surface area contributed by atoms with E-state index >= 15 is 0 Å². The molecule has 2 aromatic carbocycles. The quantitative estimate of drug-likeness (QED) is 0.663. The number of nitrogens with one attached hydrogen (secondary N) is 1. The van der Waals surface area contributed by atoms with Crippen LogP contribution in [0, 0.1) is 12.7 Å². The molecule has 0 saturated heterocycles. The summed E-state index contributed by atoms with van der Waals surface area (Å²) in [5.41, 5.74) is 8.13. The summed E-state index contributed by atoms with van der Waals surface area (Å²) < 4.78 is 13.5. The molecule has 0 aliphatic carbocycles. The van der Waals surface area contributed by atoms with Crippen molar-refractivity contribution >= 4 is 23.4 Å². The Morgan fingerprint density at radius 3 is 2.60 bits per heavy atom. The normalized spacial score (nSPS) is 10.7. The molecule has 3 nitrogen and oxygen atoms in total. The van der Waals surface area contributed by atoms with Crippen LogP contribution in [0.2, 0.25) is 0 Å². The maximum absolute atomic E-state index is 13.5. The Morgan fingerprint density at radius 2 is 1.90 bits per heavy atom. The largest absolute Gasteiger partial charge is 0.399 e. The van der Waals surface area contributed by atoms with Gasteiger partial charge in [-0.2, -0.15) is 0 Å². The molecule has 0 atom stereocenters. The van der Waals surface area contributed by atoms with Gasteiger partial charge in [-0.25, -0.2) is 4.39 Å². The van der Waals surface area contributed by atoms with Crippen LogP contribution in [-0.4, -0.2) is 5.91 Å². The first kappa shape index (κ1) is 13.8. The number of nitrogens with two attached hydrogens (primary N) is 1. The minimum atomic E-state index is -0.454. The van der Waals surface area contributed by atoms with Gasteiger partial charge in [-0.15, -0.1) is 0 Å². The molecule has 0 bridgehead atoms. The number of carbonyl (C=O) groups excluding carboxylic acids is 1. The van der Waals surface area contributed by atoms with Gasteiger partial charge in [0.1, 0.15) is 5.82 Å². The molecule has 0 fully saturated rings. The third kappa shape index (κ3) is 3.68. The van der Waals surface area contributed by atoms with Gasteiger partial charge in [0.25, 0.3) is 0 Å². The molecule has 3 N–H and O–H groups in total. The predicted octanol–water partition coefficient (Wildman–Crippen LogP) is 3.37. The van der Waals surface area contributed by atoms with Crippen LogP contribution in [0.3, 0.4) is 0 Å². The number of hydrogen-bond donors (Lipinski definition) is 2. The molecule has 0 aliphatic rings. The first-order valence-electron chi connectivity index (χ1n) is 6.15. The molecule has 0 saturated carbocycles. The summed E-state index contributed by atoms with van der Waals surface area (Å²) in [7, 11) is 0. The molecule has 4 heteroatoms. The second kappa shape index (κ2) is 6.02. The van der Waals surface area contributed by atoms with E-state index in [1.807, 2.05) is 6.92 Å². The zero-order valence-corrected chi connectivity index (χ0v) is 11.1. The van der Waals surface area contributed by atoms with E-state index < -0.39 is 5.82 Å². The highest BCUT2D eigenvalue weighted by Gasteiger charge is 2.04. The topological polar surface area (TPSA) is 55.1 Å². The van der Waals surface area contributed by atoms with E-state index in [-0.39, 0.29) is 11.6 Å². The molecule has 2 rings (SSSR count). The summed E-state index contributed by atoms with van der Waals surface area (Å²) in [5, 5.41) is 2.51. The Hall–Kier alpha value is -2.62. The second-order valence-corrected chi connectivity index (χ2v) is 4.47. The van der Waals surface area contributed by atoms with Crippen molar-refractivity contribution < 1.29 is 9.18 Å². The molecule has 0 unspecified atom stereocenters. The summed E-state index contributed by atoms with van der Waals surface area (Å²) in [5.74, 6) is -0.837. The summed E-state index contributed by atoms with van der Waals surface area (Å²) in [4.78, 5) is 11.7. The van der Waals surface area contributed by atoms with E-state index in [1.165, 1.54) is 12.1 Å². The molecule has 102 valence electrons. The Morgan fingerprint density at radius 1 is 1.20 bits per heavy atom. The van der Waals surface area contributed by atoms with Crippen molar-refractivity contribution in [3.63, 3.8) is 0 Å². The summed E-state index contributed by atoms with van der Waals surface area (Å²) in [6, 6.07) is 11.7. The Kier molecular flexibility index (Phi) is 4.15. The van der Waals surface area contributed by atoms with E-state index in [2.05, 4.69) is 5.32 Å². The first-order chi connectivity index (χ1) is 9.54. The number of rotatable bonds is 3. The summed E-state index contributed by atoms with van der Waals surface area (Å²) in [6.07, 6.45) is 3.00. The molecule has 0 aromatic heterocycles. The number of aryl methyl sites for hydroxylation is 1. The maximum atomic E-state index is 13.5. The molecule has 0 radical (unpaired) electrons. The fourth-order valence-corrected chi connectivity index (χ4v) is 1.69. The highest BCUT2D eigenvalue weighted by molar-refractivity contribution is 6.02. The van der Waals surface area contributed by atoms with Crippen LogP contribution in [0.25, 0.3) is 6.08 Å². The van der Waals surface area contributed by atoms with Gasteiger partial charge in [0.05, 0.1) is 5.69 Å². The Balaban J connectivity index is 2.05. The van der Waals surface area contributed by atoms with Crippen LogP contribution in [0.15, 0.2) is 48.5 Å². The molecular formula is C16H15FN2O. The minimum Gasteiger partial charge on any atom is -0.399 e. The smallest absolute Gasteiger partial charge is 0.248 e. The van der Waals surface area contributed by atoms with Gasteiger partial charge < -0.3 is 11.1 Å². The van der Waals surface area contributed by atoms with Crippen molar-refractivity contribution in [2.75, 3.05) is 11.1 Å². The number of anilines is 2. The zero-order valence-electron chi connectivity index (χ0n) is 11.1. The minimum absolute atomic E-state index is 0.178. The number of nitrogen functional groups attached to an aromatic ring is 1. The lowest BCUT2D eigenvalue weighted by Gasteiger charge is -2.04. The fourth-order valence-electron chi connectivity index (χ4n) is 1.69. The van der Waals surface area contributed by atoms with Crippen LogP contribution in [-0.2, 0) is 4.79 Å². The molecular weight excluding hydrogens is 255 g/mol. The van der Waals surface area contributed by atoms with Crippen LogP contribution in [0.4, 0.5) is 15.8 Å². The third-order valence-corrected chi connectivity index (χ3v) is 2.74. The van der Waals surface area contributed by atoms with Gasteiger partial charge in [0.15, 0.2) is 0 Å². The van der Waals surface area contributed by atoms with E-state index in [4.69, 9.17) is 5.73 Å². The molecule has 20 heavy (non-hydrogen) atoms. The van der Waals surface area contributed by atoms with Gasteiger partial charge in [-0.1, -0.05) is 18.2 Å². The van der Waals surface area contributed by atoms with E-state index in [0.717, 1.165) is 11.1 Å². The van der Waals surface area contributed by atoms with Crippen molar-refractivity contribution in [2.45, 2.75) is 6.92 Å². The van der Waals surface area contributed by atoms with Crippen LogP contribution in [0.5, 0.6) is 0 Å². The number of halogens is 1. The highest BCUT2D eigenvalue weighted by atomic mass is 19.1. The standard InChI is InChI=1S/C16H15FN2O/c1-11-2-8-14(17)15(10-11)19-16(20)9-5-12-3-6-13(18)7-4-12/h2-10H,18H2,1H3,(H,19,20)/b9-5+. The average Bonchev–Trinajstić information content (AvgIpc) is 2.42. The maximum Gasteiger partial charge on any atom is 0.248 e. The second-order valence-electron chi connectivity index (χ2n) is 4.47. The molecule has 0 spiro atoms. The van der Waals surface area contributed by atoms with Crippen molar-refractivity contribution in [2.24, 2.45) is 0 Å². The SMILES string of the molecule is Cc1ccc(F)c(NC(=O)/C=C/c2ccc(N)cc2)c1. The van der Waals surface area contributed by atoms with Crippen molar-refractivity contribution in [3.8, 4) is 0 Å². The van der Waals surface area contributed by atoms with Gasteiger partial charge in [0.2, 0.25) is 5.91 Å². The number of amides is 1. The van der Waals surface area contributed by atoms with Crippen LogP contribution >= 0.6 is 0 Å². The monoisotopic (exact) mass is 270 g/mol. The zero-order chi connectivity index (χ0) is 14.5. The van der Waals surface area contributed by atoms with Gasteiger partial charge in [-0.3, -0.25) is 4.79 Å². The molecule has 1 amide bonds. The lowest BCUT2D eigenvalue weighted by molar-refractivity contribution is -0.111. The number of hydrogen-bond acceptors (Lipinski definition) is 2. The Bertz CT molecular complexity index is 648. The van der Waals surface area contributed by atoms with Crippen molar-refractivity contribution in [1.82, 2.24) is 0 Å². The predicted molar refractivity (Wildman–Crippen MR) is 79.7 cm³/mol. The fraction of sp³-hybridized carbons (Fsp3) is 0.0625. The summed E-state index contributed by atoms with van der Waals surface area (Å²) in [6.45, 7) is 1.83. The third-order valence-electron chi connectivity index (χ3n) is 2.74. The average molecular weight is 270 g/mol. The van der Waals surface area contributed by atoms with Gasteiger partial charge >= 0.3 is 0 Å². The van der Waals surface area contributed by atoms with Crippen LogP contribution in [0.1, 0.15) is 11.1 Å². The van der Waals surface area contributed by atoms with E-state index in [9.17, 15) is 9.18 Å². The first-order valence-corrected chi connectivity index (χ1v) is 6.15. The molecule has 0 heterocycles. The highest BCUT2D eigenvalue weighted by Crippen LogP contribution is 2.15.